The first kappa shape index (κ1) is 9.43. The van der Waals surface area contributed by atoms with Crippen molar-refractivity contribution in [2.45, 2.75) is 19.4 Å². The summed E-state index contributed by atoms with van der Waals surface area (Å²) in [4.78, 5) is 4.47. The first-order chi connectivity index (χ1) is 6.75. The molecule has 0 radical (unpaired) electrons. The minimum absolute atomic E-state index is 0.161. The fraction of sp³-hybridized carbons (Fsp3) is 0.300. The van der Waals surface area contributed by atoms with Crippen molar-refractivity contribution in [3.05, 3.63) is 29.7 Å². The van der Waals surface area contributed by atoms with E-state index in [1.807, 2.05) is 18.4 Å². The van der Waals surface area contributed by atoms with Crippen molar-refractivity contribution in [2.24, 2.45) is 5.73 Å². The summed E-state index contributed by atoms with van der Waals surface area (Å²) in [6.45, 7) is 1.98. The molecule has 2 aromatic heterocycles. The van der Waals surface area contributed by atoms with Crippen LogP contribution in [0.4, 0.5) is 0 Å². The van der Waals surface area contributed by atoms with Crippen molar-refractivity contribution in [2.75, 3.05) is 0 Å². The minimum Gasteiger partial charge on any atom is -0.472 e. The van der Waals surface area contributed by atoms with E-state index in [1.165, 1.54) is 0 Å². The third-order valence-electron chi connectivity index (χ3n) is 1.85. The first-order valence-electron chi connectivity index (χ1n) is 4.48. The first-order valence-corrected chi connectivity index (χ1v) is 5.36. The van der Waals surface area contributed by atoms with Crippen molar-refractivity contribution in [1.29, 1.82) is 0 Å². The Morgan fingerprint density at radius 1 is 1.64 bits per heavy atom. The van der Waals surface area contributed by atoms with Crippen LogP contribution in [0.25, 0.3) is 10.6 Å². The van der Waals surface area contributed by atoms with Gasteiger partial charge in [0.1, 0.15) is 11.3 Å². The Hall–Kier alpha value is -1.13. The number of thiazole rings is 1. The number of rotatable bonds is 3. The van der Waals surface area contributed by atoms with E-state index >= 15 is 0 Å². The van der Waals surface area contributed by atoms with Crippen molar-refractivity contribution >= 4 is 11.3 Å². The molecule has 74 valence electrons. The summed E-state index contributed by atoms with van der Waals surface area (Å²) >= 11 is 1.62. The molecule has 0 aliphatic rings. The Balaban J connectivity index is 2.18. The third kappa shape index (κ3) is 2.02. The highest BCUT2D eigenvalue weighted by molar-refractivity contribution is 7.13. The van der Waals surface area contributed by atoms with Crippen LogP contribution in [-0.2, 0) is 6.42 Å². The zero-order valence-electron chi connectivity index (χ0n) is 7.93. The molecule has 3 nitrogen and oxygen atoms in total. The maximum atomic E-state index is 5.70. The summed E-state index contributed by atoms with van der Waals surface area (Å²) in [7, 11) is 0. The molecule has 1 unspecified atom stereocenters. The lowest BCUT2D eigenvalue weighted by molar-refractivity contribution is 0.568. The molecule has 0 amide bonds. The summed E-state index contributed by atoms with van der Waals surface area (Å²) in [5.41, 5.74) is 7.79. The van der Waals surface area contributed by atoms with Gasteiger partial charge in [-0.15, -0.1) is 11.3 Å². The van der Waals surface area contributed by atoms with Crippen LogP contribution in [0.15, 0.2) is 28.4 Å². The predicted octanol–water partition coefficient (Wildman–Crippen LogP) is 2.29. The zero-order chi connectivity index (χ0) is 9.97. The van der Waals surface area contributed by atoms with E-state index in [4.69, 9.17) is 10.2 Å². The molecule has 14 heavy (non-hydrogen) atoms. The molecule has 0 saturated carbocycles. The van der Waals surface area contributed by atoms with Gasteiger partial charge in [-0.05, 0) is 13.0 Å². The number of nitrogens with zero attached hydrogens (tertiary/aromatic N) is 1. The Kier molecular flexibility index (Phi) is 2.65. The lowest BCUT2D eigenvalue weighted by Crippen LogP contribution is -2.17. The molecule has 0 aromatic carbocycles. The summed E-state index contributed by atoms with van der Waals surface area (Å²) in [5.74, 6) is 0. The minimum atomic E-state index is 0.161. The number of furan rings is 1. The number of nitrogens with two attached hydrogens (primary N) is 1. The largest absolute Gasteiger partial charge is 0.472 e. The van der Waals surface area contributed by atoms with Gasteiger partial charge in [0, 0.05) is 23.4 Å². The second-order valence-electron chi connectivity index (χ2n) is 3.34. The molecule has 0 fully saturated rings. The summed E-state index contributed by atoms with van der Waals surface area (Å²) in [6, 6.07) is 2.07. The Labute approximate surface area is 86.6 Å². The average molecular weight is 208 g/mol. The van der Waals surface area contributed by atoms with E-state index in [9.17, 15) is 0 Å². The van der Waals surface area contributed by atoms with Gasteiger partial charge in [0.25, 0.3) is 0 Å². The highest BCUT2D eigenvalue weighted by Gasteiger charge is 2.06. The van der Waals surface area contributed by atoms with E-state index in [0.29, 0.717) is 0 Å². The van der Waals surface area contributed by atoms with E-state index in [1.54, 1.807) is 23.9 Å². The highest BCUT2D eigenvalue weighted by atomic mass is 32.1. The molecule has 2 N–H and O–H groups in total. The lowest BCUT2D eigenvalue weighted by atomic mass is 10.2. The number of hydrogen-bond donors (Lipinski definition) is 1. The second kappa shape index (κ2) is 3.94. The van der Waals surface area contributed by atoms with Crippen molar-refractivity contribution in [1.82, 2.24) is 4.98 Å². The van der Waals surface area contributed by atoms with Gasteiger partial charge in [-0.1, -0.05) is 0 Å². The topological polar surface area (TPSA) is 52.0 Å². The van der Waals surface area contributed by atoms with Crippen LogP contribution in [0.5, 0.6) is 0 Å². The highest BCUT2D eigenvalue weighted by Crippen LogP contribution is 2.24. The maximum absolute atomic E-state index is 5.70. The molecule has 2 aromatic rings. The standard InChI is InChI=1S/C10H12N2OS/c1-7(11)4-9-6-14-10(12-9)8-2-3-13-5-8/h2-3,5-7H,4,11H2,1H3. The van der Waals surface area contributed by atoms with Gasteiger partial charge in [-0.2, -0.15) is 0 Å². The maximum Gasteiger partial charge on any atom is 0.126 e. The molecule has 0 spiro atoms. The normalized spacial score (nSPS) is 13.0. The monoisotopic (exact) mass is 208 g/mol. The molecule has 2 rings (SSSR count). The van der Waals surface area contributed by atoms with Crippen LogP contribution in [-0.4, -0.2) is 11.0 Å². The predicted molar refractivity (Wildman–Crippen MR) is 57.2 cm³/mol. The van der Waals surface area contributed by atoms with Gasteiger partial charge in [-0.25, -0.2) is 4.98 Å². The molecule has 1 atom stereocenters. The smallest absolute Gasteiger partial charge is 0.126 e. The van der Waals surface area contributed by atoms with Crippen LogP contribution >= 0.6 is 11.3 Å². The Morgan fingerprint density at radius 3 is 3.14 bits per heavy atom. The van der Waals surface area contributed by atoms with Crippen LogP contribution in [0.3, 0.4) is 0 Å². The Morgan fingerprint density at radius 2 is 2.50 bits per heavy atom. The molecule has 0 saturated heterocycles. The van der Waals surface area contributed by atoms with Crippen LogP contribution in [0.1, 0.15) is 12.6 Å². The van der Waals surface area contributed by atoms with Gasteiger partial charge >= 0.3 is 0 Å². The van der Waals surface area contributed by atoms with E-state index in [-0.39, 0.29) is 6.04 Å². The van der Waals surface area contributed by atoms with Gasteiger partial charge in [0.05, 0.1) is 12.0 Å². The summed E-state index contributed by atoms with van der Waals surface area (Å²) in [5, 5.41) is 3.04. The lowest BCUT2D eigenvalue weighted by Gasteiger charge is -1.99. The molecule has 0 aliphatic carbocycles. The SMILES string of the molecule is CC(N)Cc1csc(-c2ccoc2)n1. The fourth-order valence-electron chi connectivity index (χ4n) is 1.25. The summed E-state index contributed by atoms with van der Waals surface area (Å²) < 4.78 is 5.00. The number of hydrogen-bond acceptors (Lipinski definition) is 4. The van der Waals surface area contributed by atoms with Gasteiger partial charge in [-0.3, -0.25) is 0 Å². The zero-order valence-corrected chi connectivity index (χ0v) is 8.75. The Bertz CT molecular complexity index is 392. The van der Waals surface area contributed by atoms with Crippen molar-refractivity contribution in [3.8, 4) is 10.6 Å². The van der Waals surface area contributed by atoms with Crippen LogP contribution in [0, 0.1) is 0 Å². The summed E-state index contributed by atoms with van der Waals surface area (Å²) in [6.07, 6.45) is 4.19. The van der Waals surface area contributed by atoms with Gasteiger partial charge in [0.2, 0.25) is 0 Å². The van der Waals surface area contributed by atoms with E-state index in [0.717, 1.165) is 22.7 Å². The van der Waals surface area contributed by atoms with Crippen molar-refractivity contribution in [3.63, 3.8) is 0 Å². The average Bonchev–Trinajstić information content (AvgIpc) is 2.69. The second-order valence-corrected chi connectivity index (χ2v) is 4.20. The molecule has 4 heteroatoms. The van der Waals surface area contributed by atoms with E-state index in [2.05, 4.69) is 4.98 Å². The quantitative estimate of drug-likeness (QED) is 0.842. The van der Waals surface area contributed by atoms with Gasteiger partial charge < -0.3 is 10.2 Å². The molecule has 2 heterocycles. The van der Waals surface area contributed by atoms with Crippen LogP contribution < -0.4 is 5.73 Å². The number of aromatic nitrogens is 1. The van der Waals surface area contributed by atoms with E-state index < -0.39 is 0 Å². The van der Waals surface area contributed by atoms with Crippen molar-refractivity contribution < 1.29 is 4.42 Å². The molecular formula is C10H12N2OS. The van der Waals surface area contributed by atoms with Crippen LogP contribution in [0.2, 0.25) is 0 Å². The third-order valence-corrected chi connectivity index (χ3v) is 2.79. The van der Waals surface area contributed by atoms with Gasteiger partial charge in [0.15, 0.2) is 0 Å². The molecule has 0 bridgehead atoms. The molecule has 0 aliphatic heterocycles. The molecular weight excluding hydrogens is 196 g/mol. The fourth-order valence-corrected chi connectivity index (χ4v) is 2.07.